The van der Waals surface area contributed by atoms with Crippen LogP contribution >= 0.6 is 0 Å². The fourth-order valence-corrected chi connectivity index (χ4v) is 4.94. The van der Waals surface area contributed by atoms with Gasteiger partial charge in [0.2, 0.25) is 5.95 Å². The molecule has 1 aliphatic carbocycles. The van der Waals surface area contributed by atoms with Crippen molar-refractivity contribution in [3.8, 4) is 11.3 Å². The number of hydrogen-bond acceptors (Lipinski definition) is 4. The largest absolute Gasteiger partial charge is 0.338 e. The fourth-order valence-electron chi connectivity index (χ4n) is 4.94. The molecule has 142 valence electrons. The van der Waals surface area contributed by atoms with Crippen molar-refractivity contribution in [1.82, 2.24) is 14.5 Å². The standard InChI is InChI=1S/C23H24N4O/c1-26-22(28)14-20(18-9-11-24-12-10-18)25-23(26)27-15-16-7-8-21(27)19(13-16)17-5-3-2-4-6-17/h2-6,9-12,14,16,19,21H,7-8,13,15H2,1H3. The molecule has 2 bridgehead atoms. The molecule has 0 amide bonds. The van der Waals surface area contributed by atoms with Gasteiger partial charge in [-0.15, -0.1) is 0 Å². The van der Waals surface area contributed by atoms with Crippen molar-refractivity contribution >= 4 is 5.95 Å². The second kappa shape index (κ2) is 6.89. The number of rotatable bonds is 3. The van der Waals surface area contributed by atoms with E-state index in [4.69, 9.17) is 4.98 Å². The smallest absolute Gasteiger partial charge is 0.255 e. The summed E-state index contributed by atoms with van der Waals surface area (Å²) in [5, 5.41) is 0. The van der Waals surface area contributed by atoms with Crippen LogP contribution in [0.3, 0.4) is 0 Å². The zero-order chi connectivity index (χ0) is 19.1. The van der Waals surface area contributed by atoms with E-state index in [9.17, 15) is 4.79 Å². The van der Waals surface area contributed by atoms with Crippen LogP contribution in [0.2, 0.25) is 0 Å². The average Bonchev–Trinajstić information content (AvgIpc) is 2.77. The summed E-state index contributed by atoms with van der Waals surface area (Å²) in [6.45, 7) is 0.980. The summed E-state index contributed by atoms with van der Waals surface area (Å²) >= 11 is 0. The average molecular weight is 372 g/mol. The number of aromatic nitrogens is 3. The summed E-state index contributed by atoms with van der Waals surface area (Å²) in [7, 11) is 1.83. The van der Waals surface area contributed by atoms with Crippen molar-refractivity contribution in [1.29, 1.82) is 0 Å². The number of benzene rings is 1. The number of pyridine rings is 1. The first-order chi connectivity index (χ1) is 13.7. The molecule has 3 aromatic rings. The van der Waals surface area contributed by atoms with Gasteiger partial charge in [0.25, 0.3) is 5.56 Å². The van der Waals surface area contributed by atoms with Crippen LogP contribution in [0, 0.1) is 5.92 Å². The molecule has 2 aromatic heterocycles. The van der Waals surface area contributed by atoms with E-state index >= 15 is 0 Å². The van der Waals surface area contributed by atoms with Crippen molar-refractivity contribution in [2.24, 2.45) is 13.0 Å². The Hall–Kier alpha value is -2.95. The molecule has 0 N–H and O–H groups in total. The molecule has 3 fully saturated rings. The van der Waals surface area contributed by atoms with Gasteiger partial charge in [-0.25, -0.2) is 4.98 Å². The lowest BCUT2D eigenvalue weighted by molar-refractivity contribution is 0.215. The molecule has 4 heterocycles. The third-order valence-corrected chi connectivity index (χ3v) is 6.35. The number of nitrogens with zero attached hydrogens (tertiary/aromatic N) is 4. The molecule has 5 nitrogen and oxygen atoms in total. The first kappa shape index (κ1) is 17.2. The normalized spacial score (nSPS) is 23.8. The van der Waals surface area contributed by atoms with Crippen LogP contribution in [0.5, 0.6) is 0 Å². The Balaban J connectivity index is 1.57. The molecule has 1 aromatic carbocycles. The van der Waals surface area contributed by atoms with E-state index in [1.54, 1.807) is 23.0 Å². The molecule has 0 spiro atoms. The second-order valence-corrected chi connectivity index (χ2v) is 7.99. The first-order valence-electron chi connectivity index (χ1n) is 10.0. The van der Waals surface area contributed by atoms with Gasteiger partial charge in [-0.3, -0.25) is 14.3 Å². The summed E-state index contributed by atoms with van der Waals surface area (Å²) in [5.41, 5.74) is 3.03. The molecule has 28 heavy (non-hydrogen) atoms. The Labute approximate surface area is 164 Å². The van der Waals surface area contributed by atoms with Gasteiger partial charge in [0.1, 0.15) is 0 Å². The van der Waals surface area contributed by atoms with Crippen LogP contribution in [-0.2, 0) is 7.05 Å². The van der Waals surface area contributed by atoms with E-state index in [-0.39, 0.29) is 5.56 Å². The Bertz CT molecular complexity index is 1030. The third-order valence-electron chi connectivity index (χ3n) is 6.35. The van der Waals surface area contributed by atoms with Crippen LogP contribution in [0.1, 0.15) is 30.7 Å². The van der Waals surface area contributed by atoms with Gasteiger partial charge in [0.05, 0.1) is 5.69 Å². The van der Waals surface area contributed by atoms with Crippen molar-refractivity contribution in [2.75, 3.05) is 11.4 Å². The van der Waals surface area contributed by atoms with E-state index < -0.39 is 0 Å². The van der Waals surface area contributed by atoms with E-state index in [2.05, 4.69) is 40.2 Å². The highest BCUT2D eigenvalue weighted by Gasteiger charge is 2.42. The van der Waals surface area contributed by atoms with Crippen LogP contribution < -0.4 is 10.5 Å². The molecule has 5 heteroatoms. The van der Waals surface area contributed by atoms with E-state index in [0.29, 0.717) is 17.9 Å². The van der Waals surface area contributed by atoms with Gasteiger partial charge < -0.3 is 4.90 Å². The molecule has 1 saturated carbocycles. The molecule has 0 radical (unpaired) electrons. The minimum atomic E-state index is -0.0190. The van der Waals surface area contributed by atoms with Gasteiger partial charge in [0.15, 0.2) is 0 Å². The van der Waals surface area contributed by atoms with Crippen molar-refractivity contribution < 1.29 is 0 Å². The summed E-state index contributed by atoms with van der Waals surface area (Å²) in [4.78, 5) is 24.1. The van der Waals surface area contributed by atoms with Gasteiger partial charge in [-0.2, -0.15) is 0 Å². The minimum absolute atomic E-state index is 0.0190. The molecular weight excluding hydrogens is 348 g/mol. The predicted molar refractivity (Wildman–Crippen MR) is 110 cm³/mol. The topological polar surface area (TPSA) is 51.0 Å². The van der Waals surface area contributed by atoms with Gasteiger partial charge in [0, 0.05) is 49.6 Å². The quantitative estimate of drug-likeness (QED) is 0.705. The monoisotopic (exact) mass is 372 g/mol. The lowest BCUT2D eigenvalue weighted by Crippen LogP contribution is -2.53. The lowest BCUT2D eigenvalue weighted by Gasteiger charge is -2.50. The molecule has 3 unspecified atom stereocenters. The first-order valence-corrected chi connectivity index (χ1v) is 10.0. The Kier molecular flexibility index (Phi) is 4.23. The maximum Gasteiger partial charge on any atom is 0.255 e. The second-order valence-electron chi connectivity index (χ2n) is 7.99. The number of anilines is 1. The molecule has 2 saturated heterocycles. The molecule has 3 atom stereocenters. The highest BCUT2D eigenvalue weighted by Crippen LogP contribution is 2.45. The number of piperidine rings is 2. The zero-order valence-electron chi connectivity index (χ0n) is 16.0. The molecular formula is C23H24N4O. The SMILES string of the molecule is Cn1c(N2CC3CCC2C(c2ccccc2)C3)nc(-c2ccncc2)cc1=O. The summed E-state index contributed by atoms with van der Waals surface area (Å²) in [6.07, 6.45) is 7.12. The fraction of sp³-hybridized carbons (Fsp3) is 0.348. The summed E-state index contributed by atoms with van der Waals surface area (Å²) < 4.78 is 1.70. The van der Waals surface area contributed by atoms with Crippen LogP contribution in [0.15, 0.2) is 65.7 Å². The van der Waals surface area contributed by atoms with Crippen molar-refractivity contribution in [3.05, 3.63) is 76.8 Å². The highest BCUT2D eigenvalue weighted by atomic mass is 16.1. The maximum atomic E-state index is 12.7. The lowest BCUT2D eigenvalue weighted by atomic mass is 9.70. The minimum Gasteiger partial charge on any atom is -0.338 e. The van der Waals surface area contributed by atoms with E-state index in [0.717, 1.165) is 30.2 Å². The van der Waals surface area contributed by atoms with Gasteiger partial charge in [-0.1, -0.05) is 30.3 Å². The third kappa shape index (κ3) is 2.91. The highest BCUT2D eigenvalue weighted by molar-refractivity contribution is 5.60. The van der Waals surface area contributed by atoms with E-state index in [1.807, 2.05) is 19.2 Å². The van der Waals surface area contributed by atoms with Crippen molar-refractivity contribution in [2.45, 2.75) is 31.2 Å². The Morgan fingerprint density at radius 2 is 1.82 bits per heavy atom. The molecule has 2 aliphatic heterocycles. The summed E-state index contributed by atoms with van der Waals surface area (Å²) in [6, 6.07) is 16.6. The maximum absolute atomic E-state index is 12.7. The number of hydrogen-bond donors (Lipinski definition) is 0. The van der Waals surface area contributed by atoms with Gasteiger partial charge >= 0.3 is 0 Å². The summed E-state index contributed by atoms with van der Waals surface area (Å²) in [5.74, 6) is 1.93. The van der Waals surface area contributed by atoms with Crippen molar-refractivity contribution in [3.63, 3.8) is 0 Å². The molecule has 3 aliphatic rings. The Morgan fingerprint density at radius 3 is 2.57 bits per heavy atom. The van der Waals surface area contributed by atoms with Gasteiger partial charge in [-0.05, 0) is 42.9 Å². The van der Waals surface area contributed by atoms with Crippen LogP contribution in [0.4, 0.5) is 5.95 Å². The van der Waals surface area contributed by atoms with Crippen LogP contribution in [0.25, 0.3) is 11.3 Å². The Morgan fingerprint density at radius 1 is 1.04 bits per heavy atom. The zero-order valence-corrected chi connectivity index (χ0v) is 16.0. The van der Waals surface area contributed by atoms with E-state index in [1.165, 1.54) is 18.4 Å². The molecule has 6 rings (SSSR count). The predicted octanol–water partition coefficient (Wildman–Crippen LogP) is 3.61. The van der Waals surface area contributed by atoms with Crippen LogP contribution in [-0.4, -0.2) is 27.1 Å². The number of fused-ring (bicyclic) bond motifs is 3.